The lowest BCUT2D eigenvalue weighted by atomic mass is 10.0. The van der Waals surface area contributed by atoms with Crippen molar-refractivity contribution in [2.24, 2.45) is 5.92 Å². The topological polar surface area (TPSA) is 40.5 Å². The third-order valence-corrected chi connectivity index (χ3v) is 4.43. The van der Waals surface area contributed by atoms with E-state index in [2.05, 4.69) is 22.9 Å². The fourth-order valence-corrected chi connectivity index (χ4v) is 2.96. The number of benzene rings is 1. The molecule has 1 fully saturated rings. The Balaban J connectivity index is 2.30. The summed E-state index contributed by atoms with van der Waals surface area (Å²) in [6.45, 7) is 3.85. The highest BCUT2D eigenvalue weighted by Gasteiger charge is 2.21. The van der Waals surface area contributed by atoms with E-state index in [1.807, 2.05) is 4.90 Å². The Bertz CT molecular complexity index is 493. The number of hydrogen-bond acceptors (Lipinski definition) is 2. The fourth-order valence-electron chi connectivity index (χ4n) is 2.45. The lowest BCUT2D eigenvalue weighted by molar-refractivity contribution is 0.0695. The molecule has 0 aliphatic carbocycles. The third-order valence-electron chi connectivity index (χ3n) is 3.65. The van der Waals surface area contributed by atoms with Crippen LogP contribution in [0.3, 0.4) is 0 Å². The van der Waals surface area contributed by atoms with Crippen LogP contribution in [-0.2, 0) is 0 Å². The molecule has 1 atom stereocenters. The predicted octanol–water partition coefficient (Wildman–Crippen LogP) is 3.91. The van der Waals surface area contributed by atoms with Crippen molar-refractivity contribution in [2.45, 2.75) is 26.2 Å². The molecular weight excluding hydrogens is 313 g/mol. The van der Waals surface area contributed by atoms with E-state index in [1.165, 1.54) is 6.07 Å². The van der Waals surface area contributed by atoms with Crippen molar-refractivity contribution in [1.29, 1.82) is 0 Å². The number of carboxylic acid groups (broad SMARTS) is 1. The van der Waals surface area contributed by atoms with E-state index in [-0.39, 0.29) is 10.0 Å². The van der Waals surface area contributed by atoms with Crippen LogP contribution in [0.1, 0.15) is 36.5 Å². The van der Waals surface area contributed by atoms with Gasteiger partial charge in [0.05, 0.1) is 15.7 Å². The molecule has 1 unspecified atom stereocenters. The zero-order chi connectivity index (χ0) is 14.0. The van der Waals surface area contributed by atoms with Gasteiger partial charge in [0.25, 0.3) is 0 Å². The van der Waals surface area contributed by atoms with Gasteiger partial charge in [0.15, 0.2) is 5.82 Å². The SMILES string of the molecule is CC1CCCN(c2ccc(C(=O)O)c(Br)c2F)CC1. The molecule has 5 heteroatoms. The van der Waals surface area contributed by atoms with Crippen molar-refractivity contribution in [1.82, 2.24) is 0 Å². The minimum absolute atomic E-state index is 0.0368. The van der Waals surface area contributed by atoms with E-state index < -0.39 is 11.8 Å². The lowest BCUT2D eigenvalue weighted by Crippen LogP contribution is -2.25. The van der Waals surface area contributed by atoms with E-state index in [4.69, 9.17) is 5.11 Å². The van der Waals surface area contributed by atoms with Crippen molar-refractivity contribution in [3.8, 4) is 0 Å². The number of anilines is 1. The maximum absolute atomic E-state index is 14.3. The molecule has 1 aromatic carbocycles. The molecule has 0 amide bonds. The Labute approximate surface area is 120 Å². The summed E-state index contributed by atoms with van der Waals surface area (Å²) in [7, 11) is 0. The van der Waals surface area contributed by atoms with E-state index in [0.29, 0.717) is 11.6 Å². The summed E-state index contributed by atoms with van der Waals surface area (Å²) in [4.78, 5) is 13.0. The Kier molecular flexibility index (Phi) is 4.45. The molecule has 2 rings (SSSR count). The van der Waals surface area contributed by atoms with Gasteiger partial charge in [-0.15, -0.1) is 0 Å². The molecule has 0 radical (unpaired) electrons. The number of carbonyl (C=O) groups is 1. The van der Waals surface area contributed by atoms with Gasteiger partial charge in [0.2, 0.25) is 0 Å². The molecule has 19 heavy (non-hydrogen) atoms. The summed E-state index contributed by atoms with van der Waals surface area (Å²) in [6.07, 6.45) is 3.24. The maximum Gasteiger partial charge on any atom is 0.336 e. The molecular formula is C14H17BrFNO2. The first-order chi connectivity index (χ1) is 9.00. The highest BCUT2D eigenvalue weighted by atomic mass is 79.9. The van der Waals surface area contributed by atoms with Crippen LogP contribution in [0.15, 0.2) is 16.6 Å². The van der Waals surface area contributed by atoms with Gasteiger partial charge in [-0.05, 0) is 53.2 Å². The summed E-state index contributed by atoms with van der Waals surface area (Å²) in [5, 5.41) is 8.96. The van der Waals surface area contributed by atoms with Crippen LogP contribution in [0, 0.1) is 11.7 Å². The summed E-state index contributed by atoms with van der Waals surface area (Å²) in [5.41, 5.74) is 0.454. The number of rotatable bonds is 2. The van der Waals surface area contributed by atoms with E-state index in [9.17, 15) is 9.18 Å². The quantitative estimate of drug-likeness (QED) is 0.894. The molecule has 3 nitrogen and oxygen atoms in total. The van der Waals surface area contributed by atoms with Crippen LogP contribution in [0.25, 0.3) is 0 Å². The summed E-state index contributed by atoms with van der Waals surface area (Å²) < 4.78 is 14.3. The molecule has 1 aliphatic rings. The molecule has 1 aromatic rings. The summed E-state index contributed by atoms with van der Waals surface area (Å²) >= 11 is 3.05. The second-order valence-electron chi connectivity index (χ2n) is 5.09. The zero-order valence-corrected chi connectivity index (χ0v) is 12.4. The van der Waals surface area contributed by atoms with Gasteiger partial charge >= 0.3 is 5.97 Å². The summed E-state index contributed by atoms with van der Waals surface area (Å²) in [6, 6.07) is 3.03. The number of nitrogens with zero attached hydrogens (tertiary/aromatic N) is 1. The minimum atomic E-state index is -1.12. The largest absolute Gasteiger partial charge is 0.478 e. The van der Waals surface area contributed by atoms with Gasteiger partial charge in [0, 0.05) is 13.1 Å². The molecule has 0 aromatic heterocycles. The second kappa shape index (κ2) is 5.90. The van der Waals surface area contributed by atoms with Crippen molar-refractivity contribution in [3.63, 3.8) is 0 Å². The number of halogens is 2. The van der Waals surface area contributed by atoms with Gasteiger partial charge in [-0.2, -0.15) is 0 Å². The van der Waals surface area contributed by atoms with Gasteiger partial charge in [-0.1, -0.05) is 6.92 Å². The highest BCUT2D eigenvalue weighted by Crippen LogP contribution is 2.31. The first kappa shape index (κ1) is 14.3. The van der Waals surface area contributed by atoms with E-state index >= 15 is 0 Å². The average molecular weight is 330 g/mol. The predicted molar refractivity (Wildman–Crippen MR) is 76.3 cm³/mol. The Morgan fingerprint density at radius 3 is 2.84 bits per heavy atom. The van der Waals surface area contributed by atoms with Crippen LogP contribution >= 0.6 is 15.9 Å². The smallest absolute Gasteiger partial charge is 0.336 e. The molecule has 1 heterocycles. The minimum Gasteiger partial charge on any atom is -0.478 e. The van der Waals surface area contributed by atoms with Crippen molar-refractivity contribution >= 4 is 27.6 Å². The highest BCUT2D eigenvalue weighted by molar-refractivity contribution is 9.10. The zero-order valence-electron chi connectivity index (χ0n) is 10.8. The maximum atomic E-state index is 14.3. The molecule has 1 N–H and O–H groups in total. The molecule has 0 saturated carbocycles. The fraction of sp³-hybridized carbons (Fsp3) is 0.500. The molecule has 104 valence electrons. The van der Waals surface area contributed by atoms with Gasteiger partial charge in [0.1, 0.15) is 0 Å². The monoisotopic (exact) mass is 329 g/mol. The van der Waals surface area contributed by atoms with Crippen molar-refractivity contribution < 1.29 is 14.3 Å². The standard InChI is InChI=1S/C14H17BrFNO2/c1-9-3-2-7-17(8-6-9)11-5-4-10(14(18)19)12(15)13(11)16/h4-5,9H,2-3,6-8H2,1H3,(H,18,19). The van der Waals surface area contributed by atoms with Crippen LogP contribution in [-0.4, -0.2) is 24.2 Å². The Morgan fingerprint density at radius 2 is 2.16 bits per heavy atom. The lowest BCUT2D eigenvalue weighted by Gasteiger charge is -2.24. The number of hydrogen-bond donors (Lipinski definition) is 1. The normalized spacial score (nSPS) is 20.2. The van der Waals surface area contributed by atoms with Gasteiger partial charge in [-0.3, -0.25) is 0 Å². The number of carboxylic acids is 1. The Morgan fingerprint density at radius 1 is 1.42 bits per heavy atom. The summed E-state index contributed by atoms with van der Waals surface area (Å²) in [5.74, 6) is -0.939. The van der Waals surface area contributed by atoms with Crippen LogP contribution < -0.4 is 4.90 Å². The van der Waals surface area contributed by atoms with Gasteiger partial charge < -0.3 is 10.0 Å². The first-order valence-electron chi connectivity index (χ1n) is 6.47. The average Bonchev–Trinajstić information content (AvgIpc) is 2.57. The van der Waals surface area contributed by atoms with E-state index in [0.717, 1.165) is 32.4 Å². The molecule has 0 spiro atoms. The van der Waals surface area contributed by atoms with Crippen LogP contribution in [0.5, 0.6) is 0 Å². The second-order valence-corrected chi connectivity index (χ2v) is 5.88. The van der Waals surface area contributed by atoms with Crippen molar-refractivity contribution in [2.75, 3.05) is 18.0 Å². The third kappa shape index (κ3) is 3.08. The molecule has 1 saturated heterocycles. The molecule has 1 aliphatic heterocycles. The van der Waals surface area contributed by atoms with Crippen molar-refractivity contribution in [3.05, 3.63) is 28.0 Å². The van der Waals surface area contributed by atoms with Crippen LogP contribution in [0.2, 0.25) is 0 Å². The van der Waals surface area contributed by atoms with E-state index in [1.54, 1.807) is 6.07 Å². The van der Waals surface area contributed by atoms with Crippen LogP contribution in [0.4, 0.5) is 10.1 Å². The number of aromatic carboxylic acids is 1. The Hall–Kier alpha value is -1.10. The molecule has 0 bridgehead atoms. The first-order valence-corrected chi connectivity index (χ1v) is 7.26. The van der Waals surface area contributed by atoms with Gasteiger partial charge in [-0.25, -0.2) is 9.18 Å².